The van der Waals surface area contributed by atoms with Gasteiger partial charge in [-0.25, -0.2) is 0 Å². The Balaban J connectivity index is 2.20. The van der Waals surface area contributed by atoms with Crippen molar-refractivity contribution >= 4 is 17.4 Å². The fourth-order valence-electron chi connectivity index (χ4n) is 2.52. The van der Waals surface area contributed by atoms with Crippen molar-refractivity contribution < 1.29 is 19.0 Å². The monoisotopic (exact) mass is 298 g/mol. The van der Waals surface area contributed by atoms with Crippen molar-refractivity contribution in [1.82, 2.24) is 0 Å². The standard InChI is InChI=1S/C15H19ClO4/c1-18-13-4-3-12(16)9-11(13)10-14(17)15(19-2)5-7-20-8-6-15/h3-4,9H,5-8,10H2,1-2H3. The molecule has 0 atom stereocenters. The second-order valence-electron chi connectivity index (χ2n) is 4.87. The van der Waals surface area contributed by atoms with E-state index in [1.807, 2.05) is 0 Å². The lowest BCUT2D eigenvalue weighted by atomic mass is 9.86. The molecule has 5 heteroatoms. The van der Waals surface area contributed by atoms with E-state index >= 15 is 0 Å². The average molecular weight is 299 g/mol. The van der Waals surface area contributed by atoms with Gasteiger partial charge in [0.2, 0.25) is 0 Å². The van der Waals surface area contributed by atoms with Crippen LogP contribution in [0.15, 0.2) is 18.2 Å². The molecule has 20 heavy (non-hydrogen) atoms. The van der Waals surface area contributed by atoms with E-state index in [1.54, 1.807) is 32.4 Å². The molecular weight excluding hydrogens is 280 g/mol. The summed E-state index contributed by atoms with van der Waals surface area (Å²) in [7, 11) is 3.16. The number of halogens is 1. The first kappa shape index (κ1) is 15.3. The first-order valence-corrected chi connectivity index (χ1v) is 6.98. The van der Waals surface area contributed by atoms with Crippen molar-refractivity contribution in [3.05, 3.63) is 28.8 Å². The summed E-state index contributed by atoms with van der Waals surface area (Å²) in [5.41, 5.74) is 0.0406. The van der Waals surface area contributed by atoms with E-state index in [4.69, 9.17) is 25.8 Å². The fourth-order valence-corrected chi connectivity index (χ4v) is 2.71. The quantitative estimate of drug-likeness (QED) is 0.838. The van der Waals surface area contributed by atoms with Gasteiger partial charge in [-0.3, -0.25) is 4.79 Å². The molecule has 1 aromatic rings. The molecule has 1 heterocycles. The topological polar surface area (TPSA) is 44.8 Å². The van der Waals surface area contributed by atoms with Crippen LogP contribution in [-0.4, -0.2) is 38.8 Å². The smallest absolute Gasteiger partial charge is 0.169 e. The summed E-state index contributed by atoms with van der Waals surface area (Å²) in [6, 6.07) is 5.28. The molecule has 0 amide bonds. The van der Waals surface area contributed by atoms with Crippen LogP contribution in [0.4, 0.5) is 0 Å². The number of carbonyl (C=O) groups is 1. The zero-order chi connectivity index (χ0) is 14.6. The summed E-state index contributed by atoms with van der Waals surface area (Å²) in [4.78, 5) is 12.6. The minimum Gasteiger partial charge on any atom is -0.496 e. The SMILES string of the molecule is COc1ccc(Cl)cc1CC(=O)C1(OC)CCOCC1. The molecule has 110 valence electrons. The summed E-state index contributed by atoms with van der Waals surface area (Å²) in [6.45, 7) is 1.10. The van der Waals surface area contributed by atoms with E-state index in [0.717, 1.165) is 5.56 Å². The summed E-state index contributed by atoms with van der Waals surface area (Å²) < 4.78 is 16.1. The highest BCUT2D eigenvalue weighted by Gasteiger charge is 2.39. The maximum Gasteiger partial charge on any atom is 0.169 e. The van der Waals surface area contributed by atoms with Crippen LogP contribution in [0.2, 0.25) is 5.02 Å². The highest BCUT2D eigenvalue weighted by molar-refractivity contribution is 6.30. The van der Waals surface area contributed by atoms with E-state index in [0.29, 0.717) is 36.8 Å². The van der Waals surface area contributed by atoms with E-state index in [9.17, 15) is 4.79 Å². The maximum absolute atomic E-state index is 12.6. The van der Waals surface area contributed by atoms with Crippen LogP contribution >= 0.6 is 11.6 Å². The molecule has 0 radical (unpaired) electrons. The third-order valence-electron chi connectivity index (χ3n) is 3.79. The zero-order valence-corrected chi connectivity index (χ0v) is 12.5. The van der Waals surface area contributed by atoms with Gasteiger partial charge >= 0.3 is 0 Å². The van der Waals surface area contributed by atoms with Crippen LogP contribution in [0.1, 0.15) is 18.4 Å². The summed E-state index contributed by atoms with van der Waals surface area (Å²) in [5, 5.41) is 0.590. The van der Waals surface area contributed by atoms with Crippen molar-refractivity contribution in [3.63, 3.8) is 0 Å². The first-order chi connectivity index (χ1) is 9.61. The molecule has 1 aliphatic heterocycles. The van der Waals surface area contributed by atoms with Crippen LogP contribution in [0.5, 0.6) is 5.75 Å². The molecule has 0 aromatic heterocycles. The van der Waals surface area contributed by atoms with Crippen LogP contribution in [0, 0.1) is 0 Å². The Morgan fingerprint density at radius 2 is 2.05 bits per heavy atom. The maximum atomic E-state index is 12.6. The van der Waals surface area contributed by atoms with E-state index in [-0.39, 0.29) is 12.2 Å². The number of hydrogen-bond donors (Lipinski definition) is 0. The minimum atomic E-state index is -0.744. The van der Waals surface area contributed by atoms with Gasteiger partial charge in [-0.15, -0.1) is 0 Å². The van der Waals surface area contributed by atoms with Gasteiger partial charge in [-0.2, -0.15) is 0 Å². The normalized spacial score (nSPS) is 17.8. The number of methoxy groups -OCH3 is 2. The molecule has 0 aliphatic carbocycles. The Morgan fingerprint density at radius 1 is 1.35 bits per heavy atom. The number of hydrogen-bond acceptors (Lipinski definition) is 4. The summed E-state index contributed by atoms with van der Waals surface area (Å²) in [5.74, 6) is 0.713. The fraction of sp³-hybridized carbons (Fsp3) is 0.533. The third kappa shape index (κ3) is 3.14. The van der Waals surface area contributed by atoms with Crippen molar-refractivity contribution in [1.29, 1.82) is 0 Å². The molecule has 0 unspecified atom stereocenters. The average Bonchev–Trinajstić information content (AvgIpc) is 2.48. The van der Waals surface area contributed by atoms with Crippen LogP contribution in [-0.2, 0) is 20.7 Å². The molecule has 0 bridgehead atoms. The zero-order valence-electron chi connectivity index (χ0n) is 11.8. The number of carbonyl (C=O) groups excluding carboxylic acids is 1. The predicted molar refractivity (Wildman–Crippen MR) is 76.5 cm³/mol. The van der Waals surface area contributed by atoms with Gasteiger partial charge in [0.05, 0.1) is 7.11 Å². The summed E-state index contributed by atoms with van der Waals surface area (Å²) in [6.07, 6.45) is 1.42. The Labute approximate surface area is 124 Å². The minimum absolute atomic E-state index is 0.0452. The first-order valence-electron chi connectivity index (χ1n) is 6.60. The largest absolute Gasteiger partial charge is 0.496 e. The Hall–Kier alpha value is -1.10. The molecule has 0 N–H and O–H groups in total. The van der Waals surface area contributed by atoms with Gasteiger partial charge < -0.3 is 14.2 Å². The highest BCUT2D eigenvalue weighted by Crippen LogP contribution is 2.30. The number of benzene rings is 1. The molecule has 1 aliphatic rings. The second-order valence-corrected chi connectivity index (χ2v) is 5.30. The lowest BCUT2D eigenvalue weighted by Gasteiger charge is -2.34. The van der Waals surface area contributed by atoms with Gasteiger partial charge in [0.15, 0.2) is 5.78 Å². The lowest BCUT2D eigenvalue weighted by Crippen LogP contribution is -2.46. The molecule has 2 rings (SSSR count). The van der Waals surface area contributed by atoms with Gasteiger partial charge in [0.25, 0.3) is 0 Å². The molecule has 1 aromatic carbocycles. The number of rotatable bonds is 5. The van der Waals surface area contributed by atoms with E-state index in [1.165, 1.54) is 0 Å². The second kappa shape index (κ2) is 6.57. The van der Waals surface area contributed by atoms with Gasteiger partial charge in [-0.1, -0.05) is 11.6 Å². The lowest BCUT2D eigenvalue weighted by molar-refractivity contribution is -0.152. The molecule has 1 fully saturated rings. The van der Waals surface area contributed by atoms with E-state index in [2.05, 4.69) is 0 Å². The van der Waals surface area contributed by atoms with Crippen molar-refractivity contribution in [2.75, 3.05) is 27.4 Å². The molecule has 0 saturated carbocycles. The highest BCUT2D eigenvalue weighted by atomic mass is 35.5. The molecular formula is C15H19ClO4. The van der Waals surface area contributed by atoms with Gasteiger partial charge in [-0.05, 0) is 18.2 Å². The summed E-state index contributed by atoms with van der Waals surface area (Å²) >= 11 is 5.99. The Kier molecular flexibility index (Phi) is 5.02. The van der Waals surface area contributed by atoms with Crippen LogP contribution < -0.4 is 4.74 Å². The van der Waals surface area contributed by atoms with Crippen LogP contribution in [0.25, 0.3) is 0 Å². The molecule has 1 saturated heterocycles. The predicted octanol–water partition coefficient (Wildman–Crippen LogP) is 2.66. The van der Waals surface area contributed by atoms with Gasteiger partial charge in [0, 0.05) is 50.2 Å². The Bertz CT molecular complexity index is 481. The molecule has 0 spiro atoms. The molecule has 4 nitrogen and oxygen atoms in total. The van der Waals surface area contributed by atoms with Crippen molar-refractivity contribution in [2.24, 2.45) is 0 Å². The van der Waals surface area contributed by atoms with Crippen molar-refractivity contribution in [2.45, 2.75) is 24.9 Å². The number of ketones is 1. The van der Waals surface area contributed by atoms with Crippen LogP contribution in [0.3, 0.4) is 0 Å². The number of ether oxygens (including phenoxy) is 3. The van der Waals surface area contributed by atoms with Crippen molar-refractivity contribution in [3.8, 4) is 5.75 Å². The third-order valence-corrected chi connectivity index (χ3v) is 4.03. The van der Waals surface area contributed by atoms with Gasteiger partial charge in [0.1, 0.15) is 11.4 Å². The number of Topliss-reactive ketones (excluding diaryl/α,β-unsaturated/α-hetero) is 1. The Morgan fingerprint density at radius 3 is 2.65 bits per heavy atom. The van der Waals surface area contributed by atoms with E-state index < -0.39 is 5.60 Å².